The Labute approximate surface area is 211 Å². The molecular weight excluding hydrogens is 530 g/mol. The van der Waals surface area contributed by atoms with Crippen LogP contribution in [-0.2, 0) is 0 Å². The second kappa shape index (κ2) is 8.88. The fourth-order valence-electron chi connectivity index (χ4n) is 4.37. The molecule has 0 saturated carbocycles. The van der Waals surface area contributed by atoms with Crippen molar-refractivity contribution in [1.82, 2.24) is 0 Å². The fourth-order valence-corrected chi connectivity index (χ4v) is 7.33. The zero-order valence-corrected chi connectivity index (χ0v) is 20.5. The lowest BCUT2D eigenvalue weighted by Crippen LogP contribution is -2.27. The van der Waals surface area contributed by atoms with Gasteiger partial charge in [-0.25, -0.2) is 0 Å². The second-order valence-electron chi connectivity index (χ2n) is 8.06. The van der Waals surface area contributed by atoms with Crippen LogP contribution in [0.5, 0.6) is 23.0 Å². The molecule has 0 radical (unpaired) electrons. The maximum Gasteiger partial charge on any atom is 0.586 e. The summed E-state index contributed by atoms with van der Waals surface area (Å²) in [5, 5.41) is 2.45. The molecule has 0 aromatic heterocycles. The molecule has 2 aliphatic rings. The number of benzene rings is 4. The number of halogens is 4. The van der Waals surface area contributed by atoms with E-state index >= 15 is 0 Å². The summed E-state index contributed by atoms with van der Waals surface area (Å²) in [5.74, 6) is -1.28. The molecule has 6 rings (SSSR count). The number of fused-ring (bicyclic) bond motifs is 2. The van der Waals surface area contributed by atoms with E-state index in [0.717, 1.165) is 10.6 Å². The maximum atomic E-state index is 14.3. The first kappa shape index (κ1) is 24.0. The number of alkyl halides is 4. The second-order valence-corrected chi connectivity index (χ2v) is 11.0. The van der Waals surface area contributed by atoms with E-state index in [1.54, 1.807) is 6.07 Å². The van der Waals surface area contributed by atoms with Crippen molar-refractivity contribution < 1.29 is 41.4 Å². The van der Waals surface area contributed by atoms with Gasteiger partial charge in [0.05, 0.1) is 0 Å². The minimum Gasteiger partial charge on any atom is -0.395 e. The zero-order chi connectivity index (χ0) is 25.8. The quantitative estimate of drug-likeness (QED) is 0.283. The monoisotopic (exact) mass is 546 g/mol. The van der Waals surface area contributed by atoms with Crippen molar-refractivity contribution in [2.24, 2.45) is 0 Å². The predicted molar refractivity (Wildman–Crippen MR) is 133 cm³/mol. The lowest BCUT2D eigenvalue weighted by atomic mass is 10.0. The molecule has 2 aliphatic heterocycles. The Morgan fingerprint density at radius 3 is 1.59 bits per heavy atom. The first-order chi connectivity index (χ1) is 17.8. The molecule has 0 spiro atoms. The summed E-state index contributed by atoms with van der Waals surface area (Å²) in [6.45, 7) is 0. The van der Waals surface area contributed by atoms with Crippen LogP contribution in [-0.4, -0.2) is 17.5 Å². The molecule has 4 aromatic rings. The van der Waals surface area contributed by atoms with Crippen molar-refractivity contribution in [3.63, 3.8) is 0 Å². The van der Waals surface area contributed by atoms with Crippen LogP contribution in [0.2, 0.25) is 0 Å². The van der Waals surface area contributed by atoms with Crippen molar-refractivity contribution in [2.45, 2.75) is 12.6 Å². The van der Waals surface area contributed by atoms with Crippen molar-refractivity contribution in [3.8, 4) is 34.1 Å². The Bertz CT molecular complexity index is 1450. The van der Waals surface area contributed by atoms with Crippen LogP contribution in [0.4, 0.5) is 17.6 Å². The van der Waals surface area contributed by atoms with Gasteiger partial charge in [-0.3, -0.25) is 0 Å². The summed E-state index contributed by atoms with van der Waals surface area (Å²) >= 11 is 0. The SMILES string of the molecule is OPc1ccc2c(c1-c1c(P(c3ccccc3)c3ccccc3)ccc3c1OC(F)(F)O3)OC(F)(F)O2. The fraction of sp³-hybridized carbons (Fsp3) is 0.0769. The van der Waals surface area contributed by atoms with Crippen molar-refractivity contribution in [3.05, 3.63) is 84.9 Å². The van der Waals surface area contributed by atoms with E-state index in [1.807, 2.05) is 60.7 Å². The number of hydrogen-bond acceptors (Lipinski definition) is 5. The number of hydrogen-bond donors (Lipinski definition) is 1. The van der Waals surface area contributed by atoms with Crippen molar-refractivity contribution in [2.75, 3.05) is 0 Å². The molecule has 188 valence electrons. The predicted octanol–water partition coefficient (Wildman–Crippen LogP) is 4.97. The Kier molecular flexibility index (Phi) is 5.75. The van der Waals surface area contributed by atoms with Gasteiger partial charge in [-0.1, -0.05) is 60.7 Å². The summed E-state index contributed by atoms with van der Waals surface area (Å²) in [7, 11) is -2.29. The van der Waals surface area contributed by atoms with Gasteiger partial charge in [0, 0.05) is 25.2 Å². The Morgan fingerprint density at radius 2 is 1.08 bits per heavy atom. The van der Waals surface area contributed by atoms with E-state index in [0.29, 0.717) is 5.30 Å². The standard InChI is InChI=1S/C26H16F4O5P2/c27-25(28)32-17-11-13-19(36-31)21(23(17)34-25)22-20(14-12-18-24(22)35-26(29,30)33-18)37(15-7-3-1-4-8-15)16-9-5-2-6-10-16/h1-14,31,36H. The third kappa shape index (κ3) is 4.27. The smallest absolute Gasteiger partial charge is 0.395 e. The van der Waals surface area contributed by atoms with Gasteiger partial charge < -0.3 is 23.8 Å². The zero-order valence-electron chi connectivity index (χ0n) is 18.6. The Hall–Kier alpha value is -3.38. The van der Waals surface area contributed by atoms with Crippen molar-refractivity contribution in [1.29, 1.82) is 0 Å². The van der Waals surface area contributed by atoms with Gasteiger partial charge in [0.2, 0.25) is 0 Å². The third-order valence-electron chi connectivity index (χ3n) is 5.76. The van der Waals surface area contributed by atoms with E-state index in [9.17, 15) is 22.5 Å². The highest BCUT2D eigenvalue weighted by Crippen LogP contribution is 2.55. The molecule has 0 bridgehead atoms. The maximum absolute atomic E-state index is 14.3. The van der Waals surface area contributed by atoms with Gasteiger partial charge in [-0.05, 0) is 48.1 Å². The molecular formula is C26H16F4O5P2. The third-order valence-corrected chi connectivity index (χ3v) is 8.90. The van der Waals surface area contributed by atoms with E-state index in [1.165, 1.54) is 18.2 Å². The molecule has 0 aliphatic carbocycles. The minimum atomic E-state index is -3.97. The van der Waals surface area contributed by atoms with E-state index < -0.39 is 29.3 Å². The molecule has 5 nitrogen and oxygen atoms in total. The summed E-state index contributed by atoms with van der Waals surface area (Å²) < 4.78 is 76.1. The van der Waals surface area contributed by atoms with E-state index in [2.05, 4.69) is 4.74 Å². The average molecular weight is 546 g/mol. The van der Waals surface area contributed by atoms with Crippen LogP contribution >= 0.6 is 16.7 Å². The van der Waals surface area contributed by atoms with Gasteiger partial charge in [0.1, 0.15) is 0 Å². The molecule has 37 heavy (non-hydrogen) atoms. The van der Waals surface area contributed by atoms with E-state index in [-0.39, 0.29) is 39.4 Å². The highest BCUT2D eigenvalue weighted by atomic mass is 31.1. The Balaban J connectivity index is 1.69. The first-order valence-electron chi connectivity index (χ1n) is 10.9. The van der Waals surface area contributed by atoms with Crippen molar-refractivity contribution >= 4 is 37.9 Å². The number of rotatable bonds is 5. The molecule has 0 fully saturated rings. The Morgan fingerprint density at radius 1 is 0.595 bits per heavy atom. The van der Waals surface area contributed by atoms with Gasteiger partial charge in [0.15, 0.2) is 23.0 Å². The topological polar surface area (TPSA) is 57.2 Å². The van der Waals surface area contributed by atoms with Crippen LogP contribution in [0.25, 0.3) is 11.1 Å². The normalized spacial score (nSPS) is 16.6. The molecule has 1 unspecified atom stereocenters. The van der Waals surface area contributed by atoms with Gasteiger partial charge >= 0.3 is 12.6 Å². The van der Waals surface area contributed by atoms with Gasteiger partial charge in [0.25, 0.3) is 0 Å². The van der Waals surface area contributed by atoms with Crippen LogP contribution in [0.15, 0.2) is 84.9 Å². The lowest BCUT2D eigenvalue weighted by Gasteiger charge is -2.24. The summed E-state index contributed by atoms with van der Waals surface area (Å²) in [5.41, 5.74) is 0.0335. The highest BCUT2D eigenvalue weighted by molar-refractivity contribution is 7.80. The molecule has 0 amide bonds. The highest BCUT2D eigenvalue weighted by Gasteiger charge is 2.49. The summed E-state index contributed by atoms with van der Waals surface area (Å²) in [6, 6.07) is 24.3. The van der Waals surface area contributed by atoms with Crippen LogP contribution < -0.4 is 40.2 Å². The molecule has 0 saturated heterocycles. The minimum absolute atomic E-state index is 0.0250. The average Bonchev–Trinajstić information content (AvgIpc) is 3.38. The number of ether oxygens (including phenoxy) is 4. The lowest BCUT2D eigenvalue weighted by molar-refractivity contribution is -0.287. The molecule has 1 atom stereocenters. The first-order valence-corrected chi connectivity index (χ1v) is 13.2. The summed E-state index contributed by atoms with van der Waals surface area (Å²) in [6.07, 6.45) is -7.95. The summed E-state index contributed by atoms with van der Waals surface area (Å²) in [4.78, 5) is 10.2. The molecule has 1 N–H and O–H groups in total. The largest absolute Gasteiger partial charge is 0.586 e. The van der Waals surface area contributed by atoms with Gasteiger partial charge in [-0.15, -0.1) is 17.6 Å². The van der Waals surface area contributed by atoms with E-state index in [4.69, 9.17) is 14.2 Å². The van der Waals surface area contributed by atoms with Crippen LogP contribution in [0, 0.1) is 0 Å². The molecule has 11 heteroatoms. The molecule has 4 aromatic carbocycles. The van der Waals surface area contributed by atoms with Crippen LogP contribution in [0.3, 0.4) is 0 Å². The van der Waals surface area contributed by atoms with Crippen LogP contribution in [0.1, 0.15) is 0 Å². The van der Waals surface area contributed by atoms with Gasteiger partial charge in [-0.2, -0.15) is 0 Å². The molecule has 2 heterocycles.